The molecule has 19 heavy (non-hydrogen) atoms. The molecule has 3 heteroatoms. The Morgan fingerprint density at radius 1 is 1.11 bits per heavy atom. The largest absolute Gasteiger partial charge is 0.311 e. The van der Waals surface area contributed by atoms with Crippen LogP contribution in [0, 0.1) is 6.92 Å². The molecular weight excluding hydrogens is 252 g/mol. The average molecular weight is 274 g/mol. The Balaban J connectivity index is 1.63. The topological polar surface area (TPSA) is 15.3 Å². The Hall–Kier alpha value is -1.16. The minimum Gasteiger partial charge on any atom is -0.311 e. The van der Waals surface area contributed by atoms with Crippen LogP contribution < -0.4 is 5.32 Å². The summed E-state index contributed by atoms with van der Waals surface area (Å²) >= 11 is 1.87. The van der Waals surface area contributed by atoms with Crippen molar-refractivity contribution in [2.24, 2.45) is 0 Å². The number of rotatable bonds is 7. The minimum absolute atomic E-state index is 0.984. The first-order valence-corrected chi connectivity index (χ1v) is 7.54. The zero-order chi connectivity index (χ0) is 13.5. The molecule has 0 radical (unpaired) electrons. The van der Waals surface area contributed by atoms with E-state index >= 15 is 0 Å². The van der Waals surface area contributed by atoms with Crippen LogP contribution in [0.15, 0.2) is 42.5 Å². The van der Waals surface area contributed by atoms with Crippen LogP contribution >= 0.6 is 11.3 Å². The summed E-state index contributed by atoms with van der Waals surface area (Å²) in [5.41, 5.74) is 1.37. The van der Waals surface area contributed by atoms with Crippen LogP contribution in [-0.4, -0.2) is 25.0 Å². The molecule has 0 aliphatic heterocycles. The normalized spacial score (nSPS) is 11.1. The number of nitrogens with zero attached hydrogens (tertiary/aromatic N) is 1. The van der Waals surface area contributed by atoms with E-state index in [0.717, 1.165) is 26.2 Å². The van der Waals surface area contributed by atoms with Gasteiger partial charge >= 0.3 is 0 Å². The first-order chi connectivity index (χ1) is 9.24. The lowest BCUT2D eigenvalue weighted by atomic mass is 10.2. The molecule has 1 heterocycles. The van der Waals surface area contributed by atoms with Gasteiger partial charge in [0.1, 0.15) is 0 Å². The Bertz CT molecular complexity index is 479. The van der Waals surface area contributed by atoms with Crippen molar-refractivity contribution in [2.75, 3.05) is 20.1 Å². The molecule has 0 saturated heterocycles. The highest BCUT2D eigenvalue weighted by Crippen LogP contribution is 2.14. The van der Waals surface area contributed by atoms with Gasteiger partial charge in [-0.3, -0.25) is 0 Å². The van der Waals surface area contributed by atoms with Gasteiger partial charge in [0, 0.05) is 35.9 Å². The molecule has 0 unspecified atom stereocenters. The Morgan fingerprint density at radius 2 is 1.89 bits per heavy atom. The molecular formula is C16H22N2S. The third-order valence-electron chi connectivity index (χ3n) is 3.06. The predicted molar refractivity (Wildman–Crippen MR) is 83.5 cm³/mol. The van der Waals surface area contributed by atoms with Gasteiger partial charge in [0.2, 0.25) is 0 Å². The van der Waals surface area contributed by atoms with Gasteiger partial charge in [0.25, 0.3) is 0 Å². The van der Waals surface area contributed by atoms with Gasteiger partial charge in [-0.15, -0.1) is 11.3 Å². The Kier molecular flexibility index (Phi) is 5.58. The van der Waals surface area contributed by atoms with Crippen molar-refractivity contribution < 1.29 is 0 Å². The van der Waals surface area contributed by atoms with Gasteiger partial charge < -0.3 is 10.2 Å². The zero-order valence-corrected chi connectivity index (χ0v) is 12.5. The molecule has 0 fully saturated rings. The van der Waals surface area contributed by atoms with Crippen LogP contribution in [0.3, 0.4) is 0 Å². The number of nitrogens with one attached hydrogen (secondary N) is 1. The summed E-state index contributed by atoms with van der Waals surface area (Å²) in [5.74, 6) is 0. The summed E-state index contributed by atoms with van der Waals surface area (Å²) in [7, 11) is 2.17. The summed E-state index contributed by atoms with van der Waals surface area (Å²) in [6.45, 7) is 6.25. The van der Waals surface area contributed by atoms with Crippen LogP contribution in [0.4, 0.5) is 0 Å². The van der Waals surface area contributed by atoms with Crippen molar-refractivity contribution in [3.05, 3.63) is 57.8 Å². The first kappa shape index (κ1) is 14.3. The molecule has 1 aromatic carbocycles. The standard InChI is InChI=1S/C16H22N2S/c1-14-8-9-16(19-14)12-17-10-11-18(2)13-15-6-4-3-5-7-15/h3-9,17H,10-13H2,1-2H3. The fraction of sp³-hybridized carbons (Fsp3) is 0.375. The minimum atomic E-state index is 0.984. The molecule has 1 aromatic heterocycles. The monoisotopic (exact) mass is 274 g/mol. The zero-order valence-electron chi connectivity index (χ0n) is 11.7. The lowest BCUT2D eigenvalue weighted by molar-refractivity contribution is 0.324. The Labute approximate surface area is 120 Å². The van der Waals surface area contributed by atoms with Gasteiger partial charge in [-0.2, -0.15) is 0 Å². The molecule has 0 bridgehead atoms. The molecule has 2 rings (SSSR count). The quantitative estimate of drug-likeness (QED) is 0.780. The summed E-state index contributed by atoms with van der Waals surface area (Å²) in [5, 5.41) is 3.50. The fourth-order valence-electron chi connectivity index (χ4n) is 2.04. The number of aryl methyl sites for hydroxylation is 1. The maximum absolute atomic E-state index is 3.50. The van der Waals surface area contributed by atoms with Crippen LogP contribution in [0.1, 0.15) is 15.3 Å². The highest BCUT2D eigenvalue weighted by Gasteiger charge is 2.00. The van der Waals surface area contributed by atoms with E-state index in [1.807, 2.05) is 11.3 Å². The van der Waals surface area contributed by atoms with E-state index in [-0.39, 0.29) is 0 Å². The van der Waals surface area contributed by atoms with E-state index in [2.05, 4.69) is 66.7 Å². The van der Waals surface area contributed by atoms with Crippen molar-refractivity contribution in [3.63, 3.8) is 0 Å². The fourth-order valence-corrected chi connectivity index (χ4v) is 2.90. The molecule has 2 aromatic rings. The molecule has 0 amide bonds. The predicted octanol–water partition coefficient (Wildman–Crippen LogP) is 3.28. The molecule has 0 aliphatic carbocycles. The summed E-state index contributed by atoms with van der Waals surface area (Å²) < 4.78 is 0. The number of hydrogen-bond donors (Lipinski definition) is 1. The number of hydrogen-bond acceptors (Lipinski definition) is 3. The second-order valence-electron chi connectivity index (χ2n) is 4.91. The highest BCUT2D eigenvalue weighted by molar-refractivity contribution is 7.11. The lowest BCUT2D eigenvalue weighted by Crippen LogP contribution is -2.28. The van der Waals surface area contributed by atoms with Gasteiger partial charge in [0.15, 0.2) is 0 Å². The molecule has 0 saturated carbocycles. The van der Waals surface area contributed by atoms with Crippen molar-refractivity contribution in [1.82, 2.24) is 10.2 Å². The molecule has 0 spiro atoms. The van der Waals surface area contributed by atoms with Crippen LogP contribution in [0.2, 0.25) is 0 Å². The maximum Gasteiger partial charge on any atom is 0.0300 e. The van der Waals surface area contributed by atoms with Gasteiger partial charge in [0.05, 0.1) is 0 Å². The average Bonchev–Trinajstić information content (AvgIpc) is 2.82. The van der Waals surface area contributed by atoms with Gasteiger partial charge in [-0.05, 0) is 31.7 Å². The van der Waals surface area contributed by atoms with Crippen molar-refractivity contribution in [3.8, 4) is 0 Å². The molecule has 2 nitrogen and oxygen atoms in total. The van der Waals surface area contributed by atoms with E-state index < -0.39 is 0 Å². The van der Waals surface area contributed by atoms with E-state index in [0.29, 0.717) is 0 Å². The van der Waals surface area contributed by atoms with Crippen LogP contribution in [-0.2, 0) is 13.1 Å². The third-order valence-corrected chi connectivity index (χ3v) is 4.06. The number of thiophene rings is 1. The molecule has 1 N–H and O–H groups in total. The Morgan fingerprint density at radius 3 is 2.58 bits per heavy atom. The second-order valence-corrected chi connectivity index (χ2v) is 6.28. The molecule has 0 aliphatic rings. The lowest BCUT2D eigenvalue weighted by Gasteiger charge is -2.16. The highest BCUT2D eigenvalue weighted by atomic mass is 32.1. The van der Waals surface area contributed by atoms with Crippen molar-refractivity contribution >= 4 is 11.3 Å². The number of benzene rings is 1. The van der Waals surface area contributed by atoms with Gasteiger partial charge in [-0.25, -0.2) is 0 Å². The summed E-state index contributed by atoms with van der Waals surface area (Å²) in [4.78, 5) is 5.16. The summed E-state index contributed by atoms with van der Waals surface area (Å²) in [6.07, 6.45) is 0. The SMILES string of the molecule is Cc1ccc(CNCCN(C)Cc2ccccc2)s1. The third kappa shape index (κ3) is 5.15. The van der Waals surface area contributed by atoms with Crippen molar-refractivity contribution in [2.45, 2.75) is 20.0 Å². The molecule has 102 valence electrons. The molecule has 0 atom stereocenters. The maximum atomic E-state index is 3.50. The van der Waals surface area contributed by atoms with E-state index in [4.69, 9.17) is 0 Å². The van der Waals surface area contributed by atoms with E-state index in [9.17, 15) is 0 Å². The van der Waals surface area contributed by atoms with Crippen molar-refractivity contribution in [1.29, 1.82) is 0 Å². The number of likely N-dealkylation sites (N-methyl/N-ethyl adjacent to an activating group) is 1. The smallest absolute Gasteiger partial charge is 0.0300 e. The van der Waals surface area contributed by atoms with Gasteiger partial charge in [-0.1, -0.05) is 30.3 Å². The van der Waals surface area contributed by atoms with Crippen LogP contribution in [0.25, 0.3) is 0 Å². The van der Waals surface area contributed by atoms with E-state index in [1.54, 1.807) is 0 Å². The van der Waals surface area contributed by atoms with Crippen LogP contribution in [0.5, 0.6) is 0 Å². The van der Waals surface area contributed by atoms with E-state index in [1.165, 1.54) is 15.3 Å². The first-order valence-electron chi connectivity index (χ1n) is 6.72. The summed E-state index contributed by atoms with van der Waals surface area (Å²) in [6, 6.07) is 15.0. The second kappa shape index (κ2) is 7.43.